The first-order valence-corrected chi connectivity index (χ1v) is 13.5. The summed E-state index contributed by atoms with van der Waals surface area (Å²) in [6.07, 6.45) is 0. The number of thioether (sulfide) groups is 1. The molecule has 8 heteroatoms. The minimum Gasteiger partial charge on any atom is -0.354 e. The van der Waals surface area contributed by atoms with E-state index >= 15 is 0 Å². The van der Waals surface area contributed by atoms with Crippen LogP contribution < -0.4 is 9.62 Å². The first kappa shape index (κ1) is 25.1. The number of aryl methyl sites for hydroxylation is 2. The second-order valence-corrected chi connectivity index (χ2v) is 11.1. The van der Waals surface area contributed by atoms with Gasteiger partial charge in [-0.25, -0.2) is 8.42 Å². The smallest absolute Gasteiger partial charge is 0.264 e. The van der Waals surface area contributed by atoms with Gasteiger partial charge >= 0.3 is 0 Å². The number of sulfonamides is 1. The van der Waals surface area contributed by atoms with Crippen molar-refractivity contribution in [3.63, 3.8) is 0 Å². The molecule has 0 aliphatic rings. The number of nitrogens with one attached hydrogen (secondary N) is 1. The van der Waals surface area contributed by atoms with Crippen molar-refractivity contribution in [2.75, 3.05) is 23.1 Å². The van der Waals surface area contributed by atoms with Crippen LogP contribution in [0.2, 0.25) is 5.02 Å². The number of carbonyl (C=O) groups is 1. The van der Waals surface area contributed by atoms with Gasteiger partial charge in [0.25, 0.3) is 10.0 Å². The Balaban J connectivity index is 1.66. The third kappa shape index (κ3) is 7.00. The van der Waals surface area contributed by atoms with E-state index in [0.29, 0.717) is 23.0 Å². The summed E-state index contributed by atoms with van der Waals surface area (Å²) in [5.74, 6) is 1.14. The number of carbonyl (C=O) groups excluding carboxylic acids is 1. The fourth-order valence-corrected chi connectivity index (χ4v) is 5.90. The van der Waals surface area contributed by atoms with E-state index in [-0.39, 0.29) is 17.3 Å². The van der Waals surface area contributed by atoms with Crippen LogP contribution in [-0.2, 0) is 20.6 Å². The van der Waals surface area contributed by atoms with Gasteiger partial charge in [-0.2, -0.15) is 11.8 Å². The van der Waals surface area contributed by atoms with Gasteiger partial charge in [0.1, 0.15) is 6.54 Å². The monoisotopic (exact) mass is 502 g/mol. The standard InChI is InChI=1S/C25H27ClN2O3S2/c1-19-11-12-24(20(2)15-19)28(33(30,31)23-9-4-3-5-10-23)17-25(29)27-13-14-32-18-21-7-6-8-22(26)16-21/h3-12,15-16H,13-14,17-18H2,1-2H3,(H,27,29). The predicted molar refractivity (Wildman–Crippen MR) is 138 cm³/mol. The van der Waals surface area contributed by atoms with Gasteiger partial charge in [-0.05, 0) is 55.3 Å². The van der Waals surface area contributed by atoms with Gasteiger partial charge in [0.15, 0.2) is 0 Å². The second-order valence-electron chi connectivity index (χ2n) is 7.65. The normalized spacial score (nSPS) is 11.2. The maximum Gasteiger partial charge on any atom is 0.264 e. The molecule has 3 rings (SSSR count). The highest BCUT2D eigenvalue weighted by Gasteiger charge is 2.28. The maximum atomic E-state index is 13.4. The lowest BCUT2D eigenvalue weighted by Gasteiger charge is -2.26. The SMILES string of the molecule is Cc1ccc(N(CC(=O)NCCSCc2cccc(Cl)c2)S(=O)(=O)c2ccccc2)c(C)c1. The zero-order chi connectivity index (χ0) is 23.8. The summed E-state index contributed by atoms with van der Waals surface area (Å²) in [7, 11) is -3.91. The van der Waals surface area contributed by atoms with Gasteiger partial charge in [0.2, 0.25) is 5.91 Å². The van der Waals surface area contributed by atoms with Crippen LogP contribution in [0.4, 0.5) is 5.69 Å². The number of hydrogen-bond acceptors (Lipinski definition) is 4. The highest BCUT2D eigenvalue weighted by molar-refractivity contribution is 7.98. The van der Waals surface area contributed by atoms with Gasteiger partial charge in [0.05, 0.1) is 10.6 Å². The lowest BCUT2D eigenvalue weighted by molar-refractivity contribution is -0.119. The number of nitrogens with zero attached hydrogens (tertiary/aromatic N) is 1. The minimum absolute atomic E-state index is 0.148. The van der Waals surface area contributed by atoms with Gasteiger partial charge in [-0.15, -0.1) is 0 Å². The Morgan fingerprint density at radius 1 is 1.00 bits per heavy atom. The molecule has 3 aromatic rings. The van der Waals surface area contributed by atoms with Crippen LogP contribution in [0, 0.1) is 13.8 Å². The summed E-state index contributed by atoms with van der Waals surface area (Å²) < 4.78 is 28.0. The summed E-state index contributed by atoms with van der Waals surface area (Å²) in [6, 6.07) is 21.4. The molecular formula is C25H27ClN2O3S2. The topological polar surface area (TPSA) is 66.5 Å². The summed E-state index contributed by atoms with van der Waals surface area (Å²) in [4.78, 5) is 12.9. The maximum absolute atomic E-state index is 13.4. The number of rotatable bonds is 10. The van der Waals surface area contributed by atoms with E-state index in [4.69, 9.17) is 11.6 Å². The number of amides is 1. The van der Waals surface area contributed by atoms with E-state index in [1.54, 1.807) is 36.0 Å². The van der Waals surface area contributed by atoms with Crippen molar-refractivity contribution in [1.29, 1.82) is 0 Å². The average Bonchev–Trinajstić information content (AvgIpc) is 2.78. The summed E-state index contributed by atoms with van der Waals surface area (Å²) in [5.41, 5.74) is 3.43. The highest BCUT2D eigenvalue weighted by Crippen LogP contribution is 2.27. The van der Waals surface area contributed by atoms with E-state index in [1.165, 1.54) is 16.4 Å². The third-order valence-corrected chi connectivity index (χ3v) is 8.01. The molecule has 3 aromatic carbocycles. The first-order chi connectivity index (χ1) is 15.8. The molecule has 0 saturated carbocycles. The molecule has 5 nitrogen and oxygen atoms in total. The third-order valence-electron chi connectivity index (χ3n) is 4.97. The van der Waals surface area contributed by atoms with Gasteiger partial charge in [-0.1, -0.05) is 59.6 Å². The highest BCUT2D eigenvalue weighted by atomic mass is 35.5. The minimum atomic E-state index is -3.91. The molecule has 0 aromatic heterocycles. The zero-order valence-corrected chi connectivity index (χ0v) is 21.0. The number of anilines is 1. The average molecular weight is 503 g/mol. The Hall–Kier alpha value is -2.48. The van der Waals surface area contributed by atoms with Crippen LogP contribution in [-0.4, -0.2) is 33.2 Å². The molecule has 0 radical (unpaired) electrons. The molecule has 33 heavy (non-hydrogen) atoms. The lowest BCUT2D eigenvalue weighted by Crippen LogP contribution is -2.41. The van der Waals surface area contributed by atoms with E-state index in [9.17, 15) is 13.2 Å². The lowest BCUT2D eigenvalue weighted by atomic mass is 10.1. The van der Waals surface area contributed by atoms with Crippen molar-refractivity contribution < 1.29 is 13.2 Å². The molecule has 174 valence electrons. The Kier molecular flexibility index (Phi) is 8.83. The molecule has 0 atom stereocenters. The number of halogens is 1. The van der Waals surface area contributed by atoms with Crippen molar-refractivity contribution in [1.82, 2.24) is 5.32 Å². The fraction of sp³-hybridized carbons (Fsp3) is 0.240. The zero-order valence-electron chi connectivity index (χ0n) is 18.6. The Morgan fingerprint density at radius 3 is 2.45 bits per heavy atom. The molecule has 0 saturated heterocycles. The van der Waals surface area contributed by atoms with Crippen molar-refractivity contribution in [2.24, 2.45) is 0 Å². The molecule has 0 aliphatic heterocycles. The molecule has 0 heterocycles. The Morgan fingerprint density at radius 2 is 1.76 bits per heavy atom. The van der Waals surface area contributed by atoms with Crippen molar-refractivity contribution >= 4 is 45.0 Å². The molecule has 0 spiro atoms. The van der Waals surface area contributed by atoms with E-state index in [2.05, 4.69) is 5.32 Å². The second kappa shape index (κ2) is 11.6. The molecule has 0 unspecified atom stereocenters. The molecule has 1 amide bonds. The molecule has 0 bridgehead atoms. The van der Waals surface area contributed by atoms with E-state index in [1.807, 2.05) is 50.2 Å². The van der Waals surface area contributed by atoms with Gasteiger partial charge in [-0.3, -0.25) is 9.10 Å². The van der Waals surface area contributed by atoms with Crippen LogP contribution in [0.15, 0.2) is 77.7 Å². The fourth-order valence-electron chi connectivity index (χ4n) is 3.37. The molecule has 1 N–H and O–H groups in total. The van der Waals surface area contributed by atoms with Crippen molar-refractivity contribution in [2.45, 2.75) is 24.5 Å². The number of benzene rings is 3. The van der Waals surface area contributed by atoms with Crippen LogP contribution in [0.5, 0.6) is 0 Å². The van der Waals surface area contributed by atoms with Crippen LogP contribution in [0.3, 0.4) is 0 Å². The Bertz CT molecular complexity index is 1200. The van der Waals surface area contributed by atoms with Crippen molar-refractivity contribution in [3.05, 3.63) is 94.5 Å². The summed E-state index contributed by atoms with van der Waals surface area (Å²) >= 11 is 7.68. The van der Waals surface area contributed by atoms with Crippen LogP contribution >= 0.6 is 23.4 Å². The molecule has 0 fully saturated rings. The van der Waals surface area contributed by atoms with E-state index < -0.39 is 10.0 Å². The summed E-state index contributed by atoms with van der Waals surface area (Å²) in [6.45, 7) is 3.94. The van der Waals surface area contributed by atoms with Crippen molar-refractivity contribution in [3.8, 4) is 0 Å². The van der Waals surface area contributed by atoms with Gasteiger partial charge in [0, 0.05) is 23.1 Å². The molecular weight excluding hydrogens is 476 g/mol. The number of hydrogen-bond donors (Lipinski definition) is 1. The predicted octanol–water partition coefficient (Wildman–Crippen LogP) is 5.20. The van der Waals surface area contributed by atoms with Crippen LogP contribution in [0.1, 0.15) is 16.7 Å². The van der Waals surface area contributed by atoms with E-state index in [0.717, 1.165) is 22.4 Å². The van der Waals surface area contributed by atoms with Gasteiger partial charge < -0.3 is 5.32 Å². The summed E-state index contributed by atoms with van der Waals surface area (Å²) in [5, 5.41) is 3.54. The largest absolute Gasteiger partial charge is 0.354 e. The quantitative estimate of drug-likeness (QED) is 0.387. The van der Waals surface area contributed by atoms with Crippen LogP contribution in [0.25, 0.3) is 0 Å². The Labute approximate surface area is 205 Å². The molecule has 0 aliphatic carbocycles. The first-order valence-electron chi connectivity index (χ1n) is 10.5.